The molecule has 0 aliphatic carbocycles. The van der Waals surface area contributed by atoms with E-state index >= 15 is 0 Å². The maximum absolute atomic E-state index is 2.40. The van der Waals surface area contributed by atoms with Crippen molar-refractivity contribution < 1.29 is 4.57 Å². The summed E-state index contributed by atoms with van der Waals surface area (Å²) in [4.78, 5) is 0. The molecule has 0 amide bonds. The molecule has 23 heavy (non-hydrogen) atoms. The van der Waals surface area contributed by atoms with E-state index in [0.29, 0.717) is 5.78 Å². The van der Waals surface area contributed by atoms with E-state index in [1.165, 1.54) is 23.5 Å². The van der Waals surface area contributed by atoms with E-state index in [1.807, 2.05) is 0 Å². The molecule has 1 heterocycles. The molecular weight excluding hydrogens is 299 g/mol. The molecule has 0 N–H and O–H groups in total. The molecule has 1 atom stereocenters. The summed E-state index contributed by atoms with van der Waals surface area (Å²) in [5.74, 6) is 0.487. The smallest absolute Gasteiger partial charge is 0.240 e. The lowest BCUT2D eigenvalue weighted by Crippen LogP contribution is -2.26. The highest BCUT2D eigenvalue weighted by atomic mass is 31.1. The van der Waals surface area contributed by atoms with E-state index in [4.69, 9.17) is 0 Å². The SMILES string of the molecule is CCCC(n1cc[n+](C)c1)P(c1ccccc1)c1ccccc1. The van der Waals surface area contributed by atoms with Crippen molar-refractivity contribution in [3.63, 3.8) is 0 Å². The molecule has 0 aliphatic heterocycles. The summed E-state index contributed by atoms with van der Waals surface area (Å²) in [6.45, 7) is 2.28. The van der Waals surface area contributed by atoms with Crippen LogP contribution in [0.1, 0.15) is 25.5 Å². The molecule has 1 aromatic heterocycles. The zero-order valence-electron chi connectivity index (χ0n) is 13.8. The van der Waals surface area contributed by atoms with Gasteiger partial charge in [-0.1, -0.05) is 74.0 Å². The van der Waals surface area contributed by atoms with Gasteiger partial charge in [0.05, 0.1) is 7.05 Å². The van der Waals surface area contributed by atoms with E-state index in [-0.39, 0.29) is 0 Å². The number of hydrogen-bond acceptors (Lipinski definition) is 0. The fraction of sp³-hybridized carbons (Fsp3) is 0.250. The topological polar surface area (TPSA) is 8.81 Å². The molecule has 3 aromatic rings. The number of benzene rings is 2. The Morgan fingerprint density at radius 2 is 1.52 bits per heavy atom. The highest BCUT2D eigenvalue weighted by Gasteiger charge is 2.29. The normalized spacial score (nSPS) is 12.5. The van der Waals surface area contributed by atoms with E-state index < -0.39 is 7.92 Å². The third-order valence-corrected chi connectivity index (χ3v) is 6.88. The van der Waals surface area contributed by atoms with Gasteiger partial charge in [-0.05, 0) is 17.0 Å². The van der Waals surface area contributed by atoms with Crippen molar-refractivity contribution >= 4 is 18.5 Å². The molecule has 1 unspecified atom stereocenters. The molecule has 3 heteroatoms. The van der Waals surface area contributed by atoms with Gasteiger partial charge in [-0.2, -0.15) is 0 Å². The maximum Gasteiger partial charge on any atom is 0.244 e. The van der Waals surface area contributed by atoms with Gasteiger partial charge in [0.2, 0.25) is 6.33 Å². The van der Waals surface area contributed by atoms with E-state index in [1.54, 1.807) is 0 Å². The van der Waals surface area contributed by atoms with Crippen molar-refractivity contribution in [3.05, 3.63) is 79.4 Å². The Morgan fingerprint density at radius 1 is 0.957 bits per heavy atom. The minimum Gasteiger partial charge on any atom is -0.240 e. The summed E-state index contributed by atoms with van der Waals surface area (Å²) >= 11 is 0. The third-order valence-electron chi connectivity index (χ3n) is 4.05. The second-order valence-electron chi connectivity index (χ2n) is 5.84. The van der Waals surface area contributed by atoms with Crippen LogP contribution in [-0.4, -0.2) is 4.57 Å². The van der Waals surface area contributed by atoms with Crippen LogP contribution in [0.5, 0.6) is 0 Å². The fourth-order valence-electron chi connectivity index (χ4n) is 2.99. The number of hydrogen-bond donors (Lipinski definition) is 0. The lowest BCUT2D eigenvalue weighted by atomic mass is 10.3. The van der Waals surface area contributed by atoms with Crippen LogP contribution in [0.4, 0.5) is 0 Å². The van der Waals surface area contributed by atoms with Crippen molar-refractivity contribution in [1.29, 1.82) is 0 Å². The molecule has 0 bridgehead atoms. The fourth-order valence-corrected chi connectivity index (χ4v) is 5.88. The predicted octanol–water partition coefficient (Wildman–Crippen LogP) is 3.74. The van der Waals surface area contributed by atoms with Crippen LogP contribution >= 0.6 is 7.92 Å². The van der Waals surface area contributed by atoms with Crippen molar-refractivity contribution in [2.45, 2.75) is 25.5 Å². The lowest BCUT2D eigenvalue weighted by Gasteiger charge is -2.26. The molecule has 0 spiro atoms. The highest BCUT2D eigenvalue weighted by molar-refractivity contribution is 7.73. The third kappa shape index (κ3) is 3.71. The van der Waals surface area contributed by atoms with Gasteiger partial charge in [-0.25, -0.2) is 9.13 Å². The predicted molar refractivity (Wildman–Crippen MR) is 98.6 cm³/mol. The van der Waals surface area contributed by atoms with E-state index in [9.17, 15) is 0 Å². The molecule has 2 aromatic carbocycles. The second kappa shape index (κ2) is 7.57. The summed E-state index contributed by atoms with van der Waals surface area (Å²) in [7, 11) is 1.66. The Morgan fingerprint density at radius 3 is 1.96 bits per heavy atom. The van der Waals surface area contributed by atoms with E-state index in [0.717, 1.165) is 0 Å². The van der Waals surface area contributed by atoms with Crippen LogP contribution in [0.15, 0.2) is 79.4 Å². The lowest BCUT2D eigenvalue weighted by molar-refractivity contribution is -0.671. The van der Waals surface area contributed by atoms with Crippen molar-refractivity contribution in [3.8, 4) is 0 Å². The summed E-state index contributed by atoms with van der Waals surface area (Å²) in [5.41, 5.74) is 0. The number of imidazole rings is 1. The summed E-state index contributed by atoms with van der Waals surface area (Å²) in [6, 6.07) is 22.0. The van der Waals surface area contributed by atoms with Crippen LogP contribution in [0.25, 0.3) is 0 Å². The Kier molecular flexibility index (Phi) is 5.25. The molecule has 2 nitrogen and oxygen atoms in total. The Balaban J connectivity index is 2.08. The van der Waals surface area contributed by atoms with Crippen LogP contribution in [-0.2, 0) is 7.05 Å². The van der Waals surface area contributed by atoms with E-state index in [2.05, 4.69) is 102 Å². The first kappa shape index (κ1) is 16.0. The molecule has 0 aliphatic rings. The van der Waals surface area contributed by atoms with Gasteiger partial charge in [0.1, 0.15) is 18.2 Å². The first-order valence-electron chi connectivity index (χ1n) is 8.21. The molecule has 118 valence electrons. The molecule has 0 fully saturated rings. The monoisotopic (exact) mass is 323 g/mol. The number of aryl methyl sites for hydroxylation is 1. The largest absolute Gasteiger partial charge is 0.244 e. The van der Waals surface area contributed by atoms with Gasteiger partial charge in [0, 0.05) is 7.92 Å². The van der Waals surface area contributed by atoms with Gasteiger partial charge >= 0.3 is 0 Å². The molecule has 3 rings (SSSR count). The summed E-state index contributed by atoms with van der Waals surface area (Å²) in [6.07, 6.45) is 8.92. The number of aromatic nitrogens is 2. The van der Waals surface area contributed by atoms with Crippen LogP contribution in [0.2, 0.25) is 0 Å². The van der Waals surface area contributed by atoms with Gasteiger partial charge in [-0.3, -0.25) is 0 Å². The molecular formula is C20H24N2P+. The van der Waals surface area contributed by atoms with Gasteiger partial charge in [-0.15, -0.1) is 0 Å². The van der Waals surface area contributed by atoms with Crippen LogP contribution in [0.3, 0.4) is 0 Å². The number of nitrogens with zero attached hydrogens (tertiary/aromatic N) is 2. The molecule has 0 saturated heterocycles. The maximum atomic E-state index is 2.40. The first-order valence-corrected chi connectivity index (χ1v) is 9.62. The Bertz CT molecular complexity index is 682. The molecule has 0 saturated carbocycles. The average molecular weight is 323 g/mol. The summed E-state index contributed by atoms with van der Waals surface area (Å²) < 4.78 is 4.53. The summed E-state index contributed by atoms with van der Waals surface area (Å²) in [5, 5.41) is 2.90. The standard InChI is InChI=1S/C20H24N2P/c1-3-10-20(22-16-15-21(2)17-22)23(18-11-6-4-7-12-18)19-13-8-5-9-14-19/h4-9,11-17,20H,3,10H2,1-2H3/q+1. The quantitative estimate of drug-likeness (QED) is 0.483. The minimum atomic E-state index is -0.434. The zero-order chi connectivity index (χ0) is 16.1. The Hall–Kier alpha value is -1.92. The van der Waals surface area contributed by atoms with Gasteiger partial charge in [0.15, 0.2) is 0 Å². The first-order chi connectivity index (χ1) is 11.3. The average Bonchev–Trinajstić information content (AvgIpc) is 3.03. The molecule has 0 radical (unpaired) electrons. The van der Waals surface area contributed by atoms with Gasteiger partial charge in [0.25, 0.3) is 0 Å². The van der Waals surface area contributed by atoms with Gasteiger partial charge < -0.3 is 0 Å². The van der Waals surface area contributed by atoms with Crippen molar-refractivity contribution in [2.75, 3.05) is 0 Å². The van der Waals surface area contributed by atoms with Crippen molar-refractivity contribution in [1.82, 2.24) is 4.57 Å². The van der Waals surface area contributed by atoms with Crippen LogP contribution < -0.4 is 15.2 Å². The minimum absolute atomic E-state index is 0.434. The zero-order valence-corrected chi connectivity index (χ0v) is 14.7. The highest BCUT2D eigenvalue weighted by Crippen LogP contribution is 2.48. The second-order valence-corrected chi connectivity index (χ2v) is 8.21. The Labute approximate surface area is 140 Å². The van der Waals surface area contributed by atoms with Crippen molar-refractivity contribution in [2.24, 2.45) is 7.05 Å². The van der Waals surface area contributed by atoms with Crippen LogP contribution in [0, 0.1) is 0 Å². The number of rotatable bonds is 6.